The average molecular weight is 140 g/mol. The summed E-state index contributed by atoms with van der Waals surface area (Å²) in [5.74, 6) is 0. The molecule has 0 radical (unpaired) electrons. The van der Waals surface area contributed by atoms with Crippen LogP contribution in [0.25, 0.3) is 0 Å². The molecule has 1 rings (SSSR count). The van der Waals surface area contributed by atoms with E-state index >= 15 is 0 Å². The molecule has 0 saturated heterocycles. The molecule has 0 atom stereocenters. The van der Waals surface area contributed by atoms with Gasteiger partial charge < -0.3 is 4.84 Å². The Bertz CT molecular complexity index is 132. The first kappa shape index (κ1) is 6.21. The smallest absolute Gasteiger partial charge is 0.395 e. The van der Waals surface area contributed by atoms with E-state index in [9.17, 15) is 13.2 Å². The van der Waals surface area contributed by atoms with Crippen molar-refractivity contribution in [2.45, 2.75) is 6.30 Å². The van der Waals surface area contributed by atoms with Crippen molar-refractivity contribution in [1.29, 1.82) is 0 Å². The third kappa shape index (κ3) is 1.26. The molecular weight excluding hydrogens is 137 g/mol. The van der Waals surface area contributed by atoms with E-state index in [0.717, 1.165) is 12.5 Å². The molecule has 0 amide bonds. The predicted octanol–water partition coefficient (Wildman–Crippen LogP) is 0.729. The molecule has 0 aliphatic carbocycles. The van der Waals surface area contributed by atoms with E-state index in [0.29, 0.717) is 0 Å². The van der Waals surface area contributed by atoms with Crippen LogP contribution in [0.2, 0.25) is 0 Å². The first-order chi connectivity index (χ1) is 4.11. The second kappa shape index (κ2) is 1.80. The molecule has 0 bridgehead atoms. The molecule has 0 aromatic heterocycles. The normalized spacial score (nSPS) is 18.3. The molecule has 0 unspecified atom stereocenters. The molecule has 1 N–H and O–H groups in total. The summed E-state index contributed by atoms with van der Waals surface area (Å²) in [6, 6.07) is 0. The number of hydrogen-bond acceptors (Lipinski definition) is 3. The van der Waals surface area contributed by atoms with Gasteiger partial charge in [0.1, 0.15) is 6.26 Å². The molecule has 0 aromatic carbocycles. The third-order valence-electron chi connectivity index (χ3n) is 0.702. The number of halogens is 3. The van der Waals surface area contributed by atoms with Crippen LogP contribution in [0.3, 0.4) is 0 Å². The van der Waals surface area contributed by atoms with Crippen LogP contribution >= 0.6 is 0 Å². The van der Waals surface area contributed by atoms with Crippen LogP contribution in [-0.2, 0) is 4.84 Å². The Hall–Kier alpha value is -0.910. The minimum atomic E-state index is -4.41. The number of nitrogens with zero attached hydrogens (tertiary/aromatic N) is 1. The monoisotopic (exact) mass is 140 g/mol. The van der Waals surface area contributed by atoms with E-state index in [-0.39, 0.29) is 5.01 Å². The Morgan fingerprint density at radius 1 is 1.44 bits per heavy atom. The van der Waals surface area contributed by atoms with Crippen molar-refractivity contribution in [3.8, 4) is 0 Å². The van der Waals surface area contributed by atoms with Gasteiger partial charge in [-0.25, -0.2) is 0 Å². The summed E-state index contributed by atoms with van der Waals surface area (Å²) in [5.41, 5.74) is 1.59. The Morgan fingerprint density at radius 3 is 2.33 bits per heavy atom. The highest BCUT2D eigenvalue weighted by Crippen LogP contribution is 2.20. The highest BCUT2D eigenvalue weighted by Gasteiger charge is 2.37. The maximum absolute atomic E-state index is 11.5. The number of nitrogens with one attached hydrogen (secondary N) is 1. The first-order valence-corrected chi connectivity index (χ1v) is 2.05. The minimum Gasteiger partial charge on any atom is -0.395 e. The molecule has 9 heavy (non-hydrogen) atoms. The average Bonchev–Trinajstić information content (AvgIpc) is 2.08. The zero-order valence-electron chi connectivity index (χ0n) is 4.14. The van der Waals surface area contributed by atoms with Crippen molar-refractivity contribution >= 4 is 0 Å². The molecule has 0 spiro atoms. The lowest BCUT2D eigenvalue weighted by Crippen LogP contribution is -2.40. The van der Waals surface area contributed by atoms with Crippen LogP contribution in [-0.4, -0.2) is 11.3 Å². The van der Waals surface area contributed by atoms with Gasteiger partial charge in [0.05, 0.1) is 6.20 Å². The summed E-state index contributed by atoms with van der Waals surface area (Å²) in [4.78, 5) is 4.06. The summed E-state index contributed by atoms with van der Waals surface area (Å²) in [6.07, 6.45) is -2.78. The van der Waals surface area contributed by atoms with E-state index in [1.807, 2.05) is 0 Å². The van der Waals surface area contributed by atoms with Crippen molar-refractivity contribution in [1.82, 2.24) is 10.6 Å². The van der Waals surface area contributed by atoms with Gasteiger partial charge in [0.25, 0.3) is 0 Å². The highest BCUT2D eigenvalue weighted by atomic mass is 19.4. The fourth-order valence-electron chi connectivity index (χ4n) is 0.345. The number of rotatable bonds is 0. The van der Waals surface area contributed by atoms with E-state index in [1.54, 1.807) is 5.59 Å². The molecule has 52 valence electrons. The van der Waals surface area contributed by atoms with Gasteiger partial charge in [-0.05, 0) is 0 Å². The number of alkyl halides is 3. The van der Waals surface area contributed by atoms with Crippen LogP contribution in [0.1, 0.15) is 0 Å². The van der Waals surface area contributed by atoms with E-state index in [2.05, 4.69) is 4.84 Å². The molecule has 0 aromatic rings. The van der Waals surface area contributed by atoms with Crippen LogP contribution in [0.4, 0.5) is 13.2 Å². The lowest BCUT2D eigenvalue weighted by molar-refractivity contribution is -0.264. The largest absolute Gasteiger partial charge is 0.501 e. The van der Waals surface area contributed by atoms with E-state index < -0.39 is 6.30 Å². The van der Waals surface area contributed by atoms with Crippen molar-refractivity contribution in [2.24, 2.45) is 0 Å². The predicted molar refractivity (Wildman–Crippen MR) is 21.3 cm³/mol. The van der Waals surface area contributed by atoms with Gasteiger partial charge >= 0.3 is 6.30 Å². The number of hydrogen-bond donors (Lipinski definition) is 1. The van der Waals surface area contributed by atoms with Gasteiger partial charge in [-0.3, -0.25) is 0 Å². The lowest BCUT2D eigenvalue weighted by Gasteiger charge is -2.15. The molecule has 3 nitrogen and oxygen atoms in total. The summed E-state index contributed by atoms with van der Waals surface area (Å²) >= 11 is 0. The van der Waals surface area contributed by atoms with Crippen molar-refractivity contribution in [3.05, 3.63) is 12.5 Å². The van der Waals surface area contributed by atoms with Crippen LogP contribution in [0.15, 0.2) is 12.5 Å². The second-order valence-electron chi connectivity index (χ2n) is 1.33. The summed E-state index contributed by atoms with van der Waals surface area (Å²) in [5, 5.41) is -0.104. The van der Waals surface area contributed by atoms with Gasteiger partial charge in [-0.2, -0.15) is 5.01 Å². The minimum absolute atomic E-state index is 0.104. The standard InChI is InChI=1S/C3H3F3N2O/c4-3(5,6)8-1-2-9-7-8/h1-2,7H. The Labute approximate surface area is 48.6 Å². The van der Waals surface area contributed by atoms with Crippen molar-refractivity contribution in [2.75, 3.05) is 0 Å². The molecule has 1 heterocycles. The Morgan fingerprint density at radius 2 is 2.11 bits per heavy atom. The Kier molecular flexibility index (Phi) is 1.24. The zero-order valence-corrected chi connectivity index (χ0v) is 4.14. The van der Waals surface area contributed by atoms with Crippen LogP contribution < -0.4 is 5.59 Å². The maximum Gasteiger partial charge on any atom is 0.501 e. The molecule has 0 saturated carbocycles. The second-order valence-corrected chi connectivity index (χ2v) is 1.33. The van der Waals surface area contributed by atoms with Crippen LogP contribution in [0.5, 0.6) is 0 Å². The summed E-state index contributed by atoms with van der Waals surface area (Å²) < 4.78 is 34.5. The lowest BCUT2D eigenvalue weighted by atomic mass is 10.9. The quantitative estimate of drug-likeness (QED) is 0.502. The topological polar surface area (TPSA) is 24.5 Å². The molecular formula is C3H3F3N2O. The summed E-state index contributed by atoms with van der Waals surface area (Å²) in [7, 11) is 0. The fraction of sp³-hybridized carbons (Fsp3) is 0.333. The molecule has 0 fully saturated rings. The van der Waals surface area contributed by atoms with Gasteiger partial charge in [-0.15, -0.1) is 13.2 Å². The van der Waals surface area contributed by atoms with Crippen molar-refractivity contribution in [3.63, 3.8) is 0 Å². The zero-order chi connectivity index (χ0) is 6.91. The van der Waals surface area contributed by atoms with Crippen LogP contribution in [0, 0.1) is 0 Å². The van der Waals surface area contributed by atoms with Gasteiger partial charge in [0.15, 0.2) is 0 Å². The highest BCUT2D eigenvalue weighted by molar-refractivity contribution is 4.76. The van der Waals surface area contributed by atoms with Gasteiger partial charge in [-0.1, -0.05) is 5.59 Å². The molecule has 6 heteroatoms. The van der Waals surface area contributed by atoms with Crippen molar-refractivity contribution < 1.29 is 18.0 Å². The number of hydrazine groups is 1. The van der Waals surface area contributed by atoms with Gasteiger partial charge in [0.2, 0.25) is 0 Å². The summed E-state index contributed by atoms with van der Waals surface area (Å²) in [6.45, 7) is 0. The maximum atomic E-state index is 11.5. The first-order valence-electron chi connectivity index (χ1n) is 2.05. The van der Waals surface area contributed by atoms with E-state index in [4.69, 9.17) is 0 Å². The van der Waals surface area contributed by atoms with E-state index in [1.165, 1.54) is 0 Å². The molecule has 1 aliphatic rings. The Balaban J connectivity index is 2.53. The molecule has 1 aliphatic heterocycles. The fourth-order valence-corrected chi connectivity index (χ4v) is 0.345. The third-order valence-corrected chi connectivity index (χ3v) is 0.702. The van der Waals surface area contributed by atoms with Gasteiger partial charge in [0, 0.05) is 0 Å². The SMILES string of the molecule is FC(F)(F)N1C=CON1.